The molecule has 0 unspecified atom stereocenters. The average Bonchev–Trinajstić information content (AvgIpc) is 3.27. The second kappa shape index (κ2) is 10.1. The van der Waals surface area contributed by atoms with Crippen LogP contribution < -0.4 is 10.6 Å². The molecular weight excluding hydrogens is 419 g/mol. The molecule has 1 heterocycles. The number of ether oxygens (including phenoxy) is 1. The number of fused-ring (bicyclic) bond motifs is 1. The van der Waals surface area contributed by atoms with Gasteiger partial charge < -0.3 is 15.4 Å². The summed E-state index contributed by atoms with van der Waals surface area (Å²) in [5.41, 5.74) is 4.91. The van der Waals surface area contributed by atoms with Gasteiger partial charge in [0.2, 0.25) is 0 Å². The van der Waals surface area contributed by atoms with Crippen LogP contribution in [0.3, 0.4) is 0 Å². The van der Waals surface area contributed by atoms with Crippen LogP contribution in [0.5, 0.6) is 0 Å². The number of hydrogen-bond donors (Lipinski definition) is 2. The van der Waals surface area contributed by atoms with Crippen LogP contribution in [0, 0.1) is 5.82 Å². The Balaban J connectivity index is 1.48. The summed E-state index contributed by atoms with van der Waals surface area (Å²) >= 11 is 0. The number of hydrogen-bond acceptors (Lipinski definition) is 4. The number of methoxy groups -OCH3 is 1. The molecule has 0 aliphatic heterocycles. The van der Waals surface area contributed by atoms with Gasteiger partial charge >= 0.3 is 0 Å². The van der Waals surface area contributed by atoms with Gasteiger partial charge in [-0.1, -0.05) is 30.8 Å². The van der Waals surface area contributed by atoms with Crippen molar-refractivity contribution in [3.63, 3.8) is 0 Å². The number of benzene rings is 3. The Bertz CT molecular complexity index is 1280. The molecule has 0 atom stereocenters. The second-order valence-corrected chi connectivity index (χ2v) is 7.55. The predicted octanol–water partition coefficient (Wildman–Crippen LogP) is 4.30. The summed E-state index contributed by atoms with van der Waals surface area (Å²) in [6, 6.07) is 19.6. The van der Waals surface area contributed by atoms with Gasteiger partial charge in [0.1, 0.15) is 5.82 Å². The molecule has 0 saturated carbocycles. The first-order chi connectivity index (χ1) is 16.1. The van der Waals surface area contributed by atoms with Crippen LogP contribution in [0.2, 0.25) is 0 Å². The van der Waals surface area contributed by atoms with Gasteiger partial charge in [-0.3, -0.25) is 4.79 Å². The fourth-order valence-electron chi connectivity index (χ4n) is 3.60. The van der Waals surface area contributed by atoms with E-state index in [1.165, 1.54) is 12.1 Å². The van der Waals surface area contributed by atoms with Crippen LogP contribution in [-0.4, -0.2) is 35.9 Å². The lowest BCUT2D eigenvalue weighted by Gasteiger charge is -2.12. The van der Waals surface area contributed by atoms with Gasteiger partial charge in [-0.25, -0.2) is 9.07 Å². The molecule has 0 bridgehead atoms. The molecule has 0 aliphatic carbocycles. The lowest BCUT2D eigenvalue weighted by molar-refractivity contribution is 0.0937. The SMILES string of the molecule is C=C(NCc1cccc(C(=O)NCCOC)c1)c1cccc2c1cnn2-c1ccc(F)cc1. The molecule has 1 aromatic heterocycles. The Morgan fingerprint density at radius 3 is 2.67 bits per heavy atom. The van der Waals surface area contributed by atoms with E-state index in [1.54, 1.807) is 36.2 Å². The monoisotopic (exact) mass is 444 g/mol. The van der Waals surface area contributed by atoms with Crippen LogP contribution in [0.25, 0.3) is 22.3 Å². The molecular formula is C26H25FN4O2. The van der Waals surface area contributed by atoms with E-state index in [-0.39, 0.29) is 11.7 Å². The Labute approximate surface area is 191 Å². The summed E-state index contributed by atoms with van der Waals surface area (Å²) in [6.07, 6.45) is 1.78. The van der Waals surface area contributed by atoms with Gasteiger partial charge in [-0.15, -0.1) is 0 Å². The standard InChI is InChI=1S/C26H25FN4O2/c1-18(29-16-19-5-3-6-20(15-19)26(32)28-13-14-33-2)23-7-4-8-25-24(23)17-30-31(25)22-11-9-21(27)10-12-22/h3-12,15,17,29H,1,13-14,16H2,2H3,(H,28,32). The third-order valence-corrected chi connectivity index (χ3v) is 5.30. The van der Waals surface area contributed by atoms with E-state index in [1.807, 2.05) is 36.4 Å². The minimum Gasteiger partial charge on any atom is -0.383 e. The predicted molar refractivity (Wildman–Crippen MR) is 128 cm³/mol. The Morgan fingerprint density at radius 1 is 1.09 bits per heavy atom. The highest BCUT2D eigenvalue weighted by molar-refractivity contribution is 5.94. The molecule has 1 amide bonds. The Hall–Kier alpha value is -3.97. The van der Waals surface area contributed by atoms with Crippen molar-refractivity contribution in [1.82, 2.24) is 20.4 Å². The molecule has 0 saturated heterocycles. The number of halogens is 1. The number of carbonyl (C=O) groups excluding carboxylic acids is 1. The third-order valence-electron chi connectivity index (χ3n) is 5.30. The minimum atomic E-state index is -0.287. The summed E-state index contributed by atoms with van der Waals surface area (Å²) in [5, 5.41) is 11.6. The fraction of sp³-hybridized carbons (Fsp3) is 0.154. The van der Waals surface area contributed by atoms with Crippen LogP contribution in [0.4, 0.5) is 4.39 Å². The van der Waals surface area contributed by atoms with Crippen molar-refractivity contribution in [3.8, 4) is 5.69 Å². The first-order valence-corrected chi connectivity index (χ1v) is 10.6. The highest BCUT2D eigenvalue weighted by Gasteiger charge is 2.11. The summed E-state index contributed by atoms with van der Waals surface area (Å²) in [5.74, 6) is -0.421. The van der Waals surface area contributed by atoms with Crippen molar-refractivity contribution in [2.24, 2.45) is 0 Å². The van der Waals surface area contributed by atoms with Gasteiger partial charge in [0.25, 0.3) is 5.91 Å². The van der Waals surface area contributed by atoms with E-state index in [2.05, 4.69) is 22.3 Å². The molecule has 168 valence electrons. The molecule has 4 rings (SSSR count). The number of nitrogens with one attached hydrogen (secondary N) is 2. The molecule has 0 aliphatic rings. The zero-order valence-corrected chi connectivity index (χ0v) is 18.3. The first kappa shape index (κ1) is 22.2. The fourth-order valence-corrected chi connectivity index (χ4v) is 3.60. The van der Waals surface area contributed by atoms with Crippen LogP contribution in [0.15, 0.2) is 79.5 Å². The number of aromatic nitrogens is 2. The topological polar surface area (TPSA) is 68.2 Å². The van der Waals surface area contributed by atoms with Gasteiger partial charge in [0.05, 0.1) is 24.0 Å². The summed E-state index contributed by atoms with van der Waals surface area (Å²) < 4.78 is 20.0. The molecule has 7 heteroatoms. The second-order valence-electron chi connectivity index (χ2n) is 7.55. The highest BCUT2D eigenvalue weighted by Crippen LogP contribution is 2.25. The molecule has 0 fully saturated rings. The maximum Gasteiger partial charge on any atom is 0.251 e. The molecule has 3 aromatic carbocycles. The normalized spacial score (nSPS) is 10.8. The lowest BCUT2D eigenvalue weighted by atomic mass is 10.1. The van der Waals surface area contributed by atoms with E-state index in [0.29, 0.717) is 25.3 Å². The summed E-state index contributed by atoms with van der Waals surface area (Å²) in [7, 11) is 1.60. The zero-order chi connectivity index (χ0) is 23.2. The third kappa shape index (κ3) is 5.10. The van der Waals surface area contributed by atoms with E-state index >= 15 is 0 Å². The number of amides is 1. The molecule has 0 spiro atoms. The highest BCUT2D eigenvalue weighted by atomic mass is 19.1. The Kier molecular flexibility index (Phi) is 6.80. The van der Waals surface area contributed by atoms with E-state index in [9.17, 15) is 9.18 Å². The van der Waals surface area contributed by atoms with Crippen molar-refractivity contribution in [3.05, 3.63) is 102 Å². The smallest absolute Gasteiger partial charge is 0.251 e. The van der Waals surface area contributed by atoms with Gasteiger partial charge in [0, 0.05) is 42.4 Å². The molecule has 2 N–H and O–H groups in total. The maximum absolute atomic E-state index is 13.3. The maximum atomic E-state index is 13.3. The van der Waals surface area contributed by atoms with Crippen molar-refractivity contribution in [2.45, 2.75) is 6.54 Å². The average molecular weight is 445 g/mol. The van der Waals surface area contributed by atoms with Gasteiger partial charge in [0.15, 0.2) is 0 Å². The van der Waals surface area contributed by atoms with E-state index in [4.69, 9.17) is 4.74 Å². The molecule has 33 heavy (non-hydrogen) atoms. The zero-order valence-electron chi connectivity index (χ0n) is 18.3. The summed E-state index contributed by atoms with van der Waals surface area (Å²) in [6.45, 7) is 5.65. The van der Waals surface area contributed by atoms with Crippen molar-refractivity contribution in [2.75, 3.05) is 20.3 Å². The van der Waals surface area contributed by atoms with E-state index < -0.39 is 0 Å². The molecule has 0 radical (unpaired) electrons. The quantitative estimate of drug-likeness (QED) is 0.378. The number of nitrogens with zero attached hydrogens (tertiary/aromatic N) is 2. The minimum absolute atomic E-state index is 0.134. The van der Waals surface area contributed by atoms with Gasteiger partial charge in [-0.05, 0) is 48.0 Å². The van der Waals surface area contributed by atoms with Crippen molar-refractivity contribution in [1.29, 1.82) is 0 Å². The molecule has 4 aromatic rings. The summed E-state index contributed by atoms with van der Waals surface area (Å²) in [4.78, 5) is 12.3. The number of carbonyl (C=O) groups is 1. The van der Waals surface area contributed by atoms with Crippen LogP contribution >= 0.6 is 0 Å². The Morgan fingerprint density at radius 2 is 1.88 bits per heavy atom. The van der Waals surface area contributed by atoms with Crippen LogP contribution in [-0.2, 0) is 11.3 Å². The molecule has 6 nitrogen and oxygen atoms in total. The largest absolute Gasteiger partial charge is 0.383 e. The van der Waals surface area contributed by atoms with Crippen molar-refractivity contribution >= 4 is 22.5 Å². The van der Waals surface area contributed by atoms with Crippen LogP contribution in [0.1, 0.15) is 21.5 Å². The first-order valence-electron chi connectivity index (χ1n) is 10.6. The number of rotatable bonds is 9. The van der Waals surface area contributed by atoms with Crippen molar-refractivity contribution < 1.29 is 13.9 Å². The van der Waals surface area contributed by atoms with Gasteiger partial charge in [-0.2, -0.15) is 5.10 Å². The van der Waals surface area contributed by atoms with E-state index in [0.717, 1.165) is 33.4 Å². The lowest BCUT2D eigenvalue weighted by Crippen LogP contribution is -2.27.